The minimum Gasteiger partial charge on any atom is -0.821 e. The molecule has 1 aliphatic carbocycles. The summed E-state index contributed by atoms with van der Waals surface area (Å²) in [6.45, 7) is 7.30. The second-order valence-electron chi connectivity index (χ2n) is 8.72. The van der Waals surface area contributed by atoms with E-state index in [-0.39, 0.29) is 11.8 Å². The van der Waals surface area contributed by atoms with Crippen LogP contribution in [-0.2, 0) is 4.74 Å². The average Bonchev–Trinajstić information content (AvgIpc) is 2.90. The number of benzene rings is 1. The van der Waals surface area contributed by atoms with E-state index in [4.69, 9.17) is 9.47 Å². The van der Waals surface area contributed by atoms with Crippen LogP contribution in [0.3, 0.4) is 0 Å². The lowest BCUT2D eigenvalue weighted by atomic mass is 9.62. The van der Waals surface area contributed by atoms with Gasteiger partial charge in [0.15, 0.2) is 0 Å². The van der Waals surface area contributed by atoms with Crippen molar-refractivity contribution in [3.8, 4) is 5.75 Å². The van der Waals surface area contributed by atoms with Crippen LogP contribution in [0.4, 0.5) is 0 Å². The van der Waals surface area contributed by atoms with Crippen molar-refractivity contribution in [2.75, 3.05) is 13.7 Å². The predicted molar refractivity (Wildman–Crippen MR) is 107 cm³/mol. The molecule has 0 aromatic heterocycles. The number of ether oxygens (including phenoxy) is 2. The molecule has 1 aromatic carbocycles. The van der Waals surface area contributed by atoms with Gasteiger partial charge in [-0.1, -0.05) is 20.3 Å². The second-order valence-corrected chi connectivity index (χ2v) is 8.72. The minimum absolute atomic E-state index is 0.0874. The predicted octanol–water partition coefficient (Wildman–Crippen LogP) is 3.22. The fraction of sp³-hybridized carbons (Fsp3) is 0.696. The second kappa shape index (κ2) is 9.27. The van der Waals surface area contributed by atoms with E-state index in [9.17, 15) is 9.90 Å². The number of nitrogens with one attached hydrogen (secondary N) is 1. The lowest BCUT2D eigenvalue weighted by molar-refractivity contribution is -0.489. The van der Waals surface area contributed by atoms with Crippen molar-refractivity contribution in [2.24, 2.45) is 29.6 Å². The van der Waals surface area contributed by atoms with Gasteiger partial charge in [0.25, 0.3) is 5.91 Å². The maximum atomic E-state index is 12.9. The van der Waals surface area contributed by atoms with E-state index < -0.39 is 6.29 Å². The molecule has 1 aliphatic heterocycles. The molecule has 0 spiro atoms. The highest BCUT2D eigenvalue weighted by atomic mass is 16.6. The molecule has 2 fully saturated rings. The first-order valence-corrected chi connectivity index (χ1v) is 10.7. The molecule has 2 unspecified atom stereocenters. The van der Waals surface area contributed by atoms with Crippen molar-refractivity contribution < 1.29 is 19.4 Å². The molecule has 0 bridgehead atoms. The molecule has 5 heteroatoms. The first-order chi connectivity index (χ1) is 13.4. The Balaban J connectivity index is 1.66. The minimum atomic E-state index is -1.12. The molecule has 28 heavy (non-hydrogen) atoms. The number of carbonyl (C=O) groups is 1. The van der Waals surface area contributed by atoms with E-state index in [1.165, 1.54) is 12.8 Å². The molecule has 0 radical (unpaired) electrons. The Morgan fingerprint density at radius 2 is 1.86 bits per heavy atom. The largest absolute Gasteiger partial charge is 0.821 e. The summed E-state index contributed by atoms with van der Waals surface area (Å²) in [4.78, 5) is 11.6. The van der Waals surface area contributed by atoms with Gasteiger partial charge in [0.2, 0.25) is 0 Å². The van der Waals surface area contributed by atoms with Crippen molar-refractivity contribution in [3.63, 3.8) is 0 Å². The summed E-state index contributed by atoms with van der Waals surface area (Å²) < 4.78 is 11.8. The summed E-state index contributed by atoms with van der Waals surface area (Å²) in [6.07, 6.45) is 3.75. The first-order valence-electron chi connectivity index (χ1n) is 10.7. The van der Waals surface area contributed by atoms with E-state index in [2.05, 4.69) is 19.2 Å². The molecule has 1 aromatic rings. The van der Waals surface area contributed by atoms with Crippen molar-refractivity contribution in [2.45, 2.75) is 58.8 Å². The van der Waals surface area contributed by atoms with Gasteiger partial charge in [-0.3, -0.25) is 4.79 Å². The molecule has 5 nitrogen and oxygen atoms in total. The van der Waals surface area contributed by atoms with Crippen molar-refractivity contribution >= 4 is 5.91 Å². The van der Waals surface area contributed by atoms with Crippen LogP contribution in [0.25, 0.3) is 0 Å². The lowest BCUT2D eigenvalue weighted by Gasteiger charge is -2.46. The third-order valence-electron chi connectivity index (χ3n) is 6.97. The van der Waals surface area contributed by atoms with Gasteiger partial charge in [0.05, 0.1) is 12.7 Å². The van der Waals surface area contributed by atoms with Crippen LogP contribution < -0.4 is 15.2 Å². The van der Waals surface area contributed by atoms with Crippen molar-refractivity contribution in [1.82, 2.24) is 5.32 Å². The van der Waals surface area contributed by atoms with Gasteiger partial charge in [-0.05, 0) is 80.0 Å². The van der Waals surface area contributed by atoms with Gasteiger partial charge >= 0.3 is 0 Å². The average molecular weight is 389 g/mol. The van der Waals surface area contributed by atoms with Crippen LogP contribution in [0.15, 0.2) is 24.3 Å². The highest BCUT2D eigenvalue weighted by Crippen LogP contribution is 2.46. The fourth-order valence-electron chi connectivity index (χ4n) is 5.08. The SMILES string of the molecule is CNC(=O)c1ccc(O[C@@H]([O-])[C@H](C)[C@@H]2CC[C@@H](C)[C@@H]3CCC(C)OCC23)cc1. The Morgan fingerprint density at radius 1 is 1.14 bits per heavy atom. The molecule has 1 N–H and O–H groups in total. The summed E-state index contributed by atoms with van der Waals surface area (Å²) in [6, 6.07) is 6.77. The van der Waals surface area contributed by atoms with Crippen LogP contribution in [-0.4, -0.2) is 32.0 Å². The highest BCUT2D eigenvalue weighted by Gasteiger charge is 2.41. The maximum absolute atomic E-state index is 12.9. The van der Waals surface area contributed by atoms with Crippen LogP contribution in [0.2, 0.25) is 0 Å². The zero-order valence-electron chi connectivity index (χ0n) is 17.5. The lowest BCUT2D eigenvalue weighted by Crippen LogP contribution is -2.47. The molecular formula is C23H34NO4-. The molecule has 3 rings (SSSR count). The number of carbonyl (C=O) groups excluding carboxylic acids is 1. The van der Waals surface area contributed by atoms with Gasteiger partial charge < -0.3 is 19.9 Å². The summed E-state index contributed by atoms with van der Waals surface area (Å²) in [5.41, 5.74) is 0.555. The Labute approximate surface area is 168 Å². The van der Waals surface area contributed by atoms with Crippen LogP contribution >= 0.6 is 0 Å². The maximum Gasteiger partial charge on any atom is 0.251 e. The molecule has 1 heterocycles. The van der Waals surface area contributed by atoms with E-state index in [0.29, 0.717) is 41.1 Å². The van der Waals surface area contributed by atoms with Gasteiger partial charge in [-0.2, -0.15) is 0 Å². The molecule has 1 saturated heterocycles. The first kappa shape index (κ1) is 21.1. The van der Waals surface area contributed by atoms with Crippen LogP contribution in [0.1, 0.15) is 56.8 Å². The van der Waals surface area contributed by atoms with E-state index in [1.54, 1.807) is 31.3 Å². The Hall–Kier alpha value is -1.59. The third-order valence-corrected chi connectivity index (χ3v) is 6.97. The summed E-state index contributed by atoms with van der Waals surface area (Å²) >= 11 is 0. The quantitative estimate of drug-likeness (QED) is 0.786. The molecule has 1 amide bonds. The van der Waals surface area contributed by atoms with Crippen LogP contribution in [0.5, 0.6) is 5.75 Å². The van der Waals surface area contributed by atoms with E-state index >= 15 is 0 Å². The summed E-state index contributed by atoms with van der Waals surface area (Å²) in [5, 5.41) is 15.5. The van der Waals surface area contributed by atoms with Gasteiger partial charge in [-0.15, -0.1) is 0 Å². The Bertz CT molecular complexity index is 647. The fourth-order valence-corrected chi connectivity index (χ4v) is 5.08. The van der Waals surface area contributed by atoms with E-state index in [0.717, 1.165) is 19.4 Å². The zero-order valence-corrected chi connectivity index (χ0v) is 17.5. The summed E-state index contributed by atoms with van der Waals surface area (Å²) in [5.74, 6) is 2.40. The third kappa shape index (κ3) is 4.69. The van der Waals surface area contributed by atoms with E-state index in [1.807, 2.05) is 6.92 Å². The normalized spacial score (nSPS) is 32.5. The zero-order chi connectivity index (χ0) is 20.3. The van der Waals surface area contributed by atoms with Gasteiger partial charge in [0.1, 0.15) is 5.75 Å². The standard InChI is InChI=1S/C23H34NO4/c1-14-5-11-20(21-13-27-15(2)6-12-19(14)21)16(3)23(26)28-18-9-7-17(8-10-18)22(25)24-4/h7-10,14-16,19-21,23H,5-6,11-13H2,1-4H3,(H,24,25)/q-1/t14-,15?,16-,19+,20+,21?,23-/m1/s1. The van der Waals surface area contributed by atoms with Gasteiger partial charge in [0, 0.05) is 18.9 Å². The molecule has 7 atom stereocenters. The topological polar surface area (TPSA) is 70.6 Å². The Kier molecular flexibility index (Phi) is 7.00. The Morgan fingerprint density at radius 3 is 2.54 bits per heavy atom. The number of amides is 1. The molecule has 1 saturated carbocycles. The number of rotatable bonds is 5. The van der Waals surface area contributed by atoms with Crippen molar-refractivity contribution in [1.29, 1.82) is 0 Å². The summed E-state index contributed by atoms with van der Waals surface area (Å²) in [7, 11) is 1.60. The molecular weight excluding hydrogens is 354 g/mol. The van der Waals surface area contributed by atoms with Gasteiger partial charge in [-0.25, -0.2) is 0 Å². The van der Waals surface area contributed by atoms with Crippen LogP contribution in [0, 0.1) is 29.6 Å². The molecule has 156 valence electrons. The highest BCUT2D eigenvalue weighted by molar-refractivity contribution is 5.94. The number of hydrogen-bond donors (Lipinski definition) is 1. The number of fused-ring (bicyclic) bond motifs is 1. The number of hydrogen-bond acceptors (Lipinski definition) is 4. The monoisotopic (exact) mass is 388 g/mol. The molecule has 2 aliphatic rings. The smallest absolute Gasteiger partial charge is 0.251 e. The van der Waals surface area contributed by atoms with Crippen molar-refractivity contribution in [3.05, 3.63) is 29.8 Å².